The van der Waals surface area contributed by atoms with Gasteiger partial charge in [0.2, 0.25) is 0 Å². The van der Waals surface area contributed by atoms with Gasteiger partial charge in [0.1, 0.15) is 0 Å². The number of aliphatic hydroxyl groups is 1. The lowest BCUT2D eigenvalue weighted by Crippen LogP contribution is -2.28. The molecule has 2 N–H and O–H groups in total. The van der Waals surface area contributed by atoms with Gasteiger partial charge in [0.05, 0.1) is 11.6 Å². The summed E-state index contributed by atoms with van der Waals surface area (Å²) in [5.74, 6) is 0. The van der Waals surface area contributed by atoms with E-state index in [4.69, 9.17) is 11.6 Å². The Balaban J connectivity index is 2.15. The van der Waals surface area contributed by atoms with Crippen molar-refractivity contribution in [3.05, 3.63) is 41.0 Å². The molecule has 0 fully saturated rings. The van der Waals surface area contributed by atoms with Gasteiger partial charge in [-0.25, -0.2) is 0 Å². The van der Waals surface area contributed by atoms with Crippen LogP contribution in [-0.2, 0) is 6.54 Å². The first-order valence-corrected chi connectivity index (χ1v) is 6.89. The topological polar surface area (TPSA) is 45.1 Å². The molecule has 0 aliphatic heterocycles. The summed E-state index contributed by atoms with van der Waals surface area (Å²) in [5, 5.41) is 14.5. The number of nitrogens with one attached hydrogen (secondary N) is 1. The Morgan fingerprint density at radius 2 is 2.11 bits per heavy atom. The Bertz CT molecular complexity index is 557. The van der Waals surface area contributed by atoms with Crippen LogP contribution in [0.25, 0.3) is 10.9 Å². The zero-order valence-corrected chi connectivity index (χ0v) is 12.0. The number of rotatable bonds is 5. The fraction of sp³-hybridized carbons (Fsp3) is 0.400. The summed E-state index contributed by atoms with van der Waals surface area (Å²) < 4.78 is 0. The number of hydrogen-bond donors (Lipinski definition) is 2. The molecule has 0 saturated heterocycles. The highest BCUT2D eigenvalue weighted by Gasteiger charge is 2.08. The fourth-order valence-electron chi connectivity index (χ4n) is 2.22. The second kappa shape index (κ2) is 6.33. The first-order chi connectivity index (χ1) is 9.08. The molecule has 2 aromatic rings. The molecule has 102 valence electrons. The molecular weight excluding hydrogens is 260 g/mol. The van der Waals surface area contributed by atoms with Crippen LogP contribution in [0.4, 0.5) is 0 Å². The van der Waals surface area contributed by atoms with Crippen LogP contribution >= 0.6 is 11.6 Å². The zero-order chi connectivity index (χ0) is 13.8. The van der Waals surface area contributed by atoms with Crippen molar-refractivity contribution in [2.75, 3.05) is 0 Å². The van der Waals surface area contributed by atoms with Gasteiger partial charge in [0.15, 0.2) is 0 Å². The monoisotopic (exact) mass is 278 g/mol. The molecule has 0 bridgehead atoms. The van der Waals surface area contributed by atoms with Crippen LogP contribution in [0, 0.1) is 0 Å². The lowest BCUT2D eigenvalue weighted by Gasteiger charge is -2.16. The molecule has 1 aromatic heterocycles. The van der Waals surface area contributed by atoms with Gasteiger partial charge in [-0.05, 0) is 44.0 Å². The highest BCUT2D eigenvalue weighted by atomic mass is 35.5. The van der Waals surface area contributed by atoms with Gasteiger partial charge in [-0.1, -0.05) is 17.7 Å². The molecule has 4 heteroatoms. The van der Waals surface area contributed by atoms with Crippen LogP contribution in [-0.4, -0.2) is 22.2 Å². The van der Waals surface area contributed by atoms with Crippen LogP contribution in [0.3, 0.4) is 0 Å². The predicted molar refractivity (Wildman–Crippen MR) is 79.4 cm³/mol. The third-order valence-corrected chi connectivity index (χ3v) is 3.47. The van der Waals surface area contributed by atoms with Gasteiger partial charge in [-0.2, -0.15) is 0 Å². The molecular formula is C15H19ClN2O. The molecule has 2 atom stereocenters. The summed E-state index contributed by atoms with van der Waals surface area (Å²) in [6, 6.07) is 8.03. The summed E-state index contributed by atoms with van der Waals surface area (Å²) in [4.78, 5) is 4.41. The molecule has 0 radical (unpaired) electrons. The third kappa shape index (κ3) is 3.66. The van der Waals surface area contributed by atoms with Crippen molar-refractivity contribution < 1.29 is 5.11 Å². The Labute approximate surface area is 118 Å². The van der Waals surface area contributed by atoms with Crippen molar-refractivity contribution in [3.63, 3.8) is 0 Å². The standard InChI is InChI=1S/C15H19ClN2O/c1-10(8-11(2)19)18-9-12-5-6-14(16)13-4-3-7-17-15(12)13/h3-7,10-11,18-19H,8-9H2,1-2H3. The summed E-state index contributed by atoms with van der Waals surface area (Å²) >= 11 is 6.17. The van der Waals surface area contributed by atoms with Crippen molar-refractivity contribution in [1.82, 2.24) is 10.3 Å². The van der Waals surface area contributed by atoms with E-state index in [2.05, 4.69) is 17.2 Å². The lowest BCUT2D eigenvalue weighted by atomic mass is 10.1. The van der Waals surface area contributed by atoms with E-state index in [1.165, 1.54) is 0 Å². The summed E-state index contributed by atoms with van der Waals surface area (Å²) in [6.45, 7) is 4.59. The van der Waals surface area contributed by atoms with Crippen molar-refractivity contribution in [1.29, 1.82) is 0 Å². The maximum atomic E-state index is 9.36. The molecule has 1 heterocycles. The first-order valence-electron chi connectivity index (χ1n) is 6.51. The first kappa shape index (κ1) is 14.3. The quantitative estimate of drug-likeness (QED) is 0.883. The predicted octanol–water partition coefficient (Wildman–Crippen LogP) is 3.14. The van der Waals surface area contributed by atoms with Crippen LogP contribution in [0.15, 0.2) is 30.5 Å². The van der Waals surface area contributed by atoms with Crippen molar-refractivity contribution >= 4 is 22.5 Å². The minimum absolute atomic E-state index is 0.259. The zero-order valence-electron chi connectivity index (χ0n) is 11.2. The summed E-state index contributed by atoms with van der Waals surface area (Å²) in [7, 11) is 0. The number of aromatic nitrogens is 1. The van der Waals surface area contributed by atoms with Gasteiger partial charge in [0, 0.05) is 29.2 Å². The van der Waals surface area contributed by atoms with E-state index in [0.717, 1.165) is 34.5 Å². The normalized spacial score (nSPS) is 14.5. The van der Waals surface area contributed by atoms with E-state index in [-0.39, 0.29) is 12.1 Å². The van der Waals surface area contributed by atoms with E-state index >= 15 is 0 Å². The van der Waals surface area contributed by atoms with Crippen molar-refractivity contribution in [2.24, 2.45) is 0 Å². The van der Waals surface area contributed by atoms with E-state index in [0.29, 0.717) is 0 Å². The lowest BCUT2D eigenvalue weighted by molar-refractivity contribution is 0.170. The molecule has 1 aromatic carbocycles. The molecule has 0 aliphatic carbocycles. The second-order valence-electron chi connectivity index (χ2n) is 4.97. The largest absolute Gasteiger partial charge is 0.393 e. The average molecular weight is 279 g/mol. The molecule has 19 heavy (non-hydrogen) atoms. The van der Waals surface area contributed by atoms with Gasteiger partial charge >= 0.3 is 0 Å². The fourth-order valence-corrected chi connectivity index (χ4v) is 2.43. The number of fused-ring (bicyclic) bond motifs is 1. The number of nitrogens with zero attached hydrogens (tertiary/aromatic N) is 1. The minimum atomic E-state index is -0.289. The summed E-state index contributed by atoms with van der Waals surface area (Å²) in [5.41, 5.74) is 2.06. The number of aliphatic hydroxyl groups excluding tert-OH is 1. The van der Waals surface area contributed by atoms with Crippen LogP contribution < -0.4 is 5.32 Å². The Hall–Kier alpha value is -1.16. The van der Waals surface area contributed by atoms with Gasteiger partial charge in [-0.3, -0.25) is 4.98 Å². The van der Waals surface area contributed by atoms with Crippen LogP contribution in [0.2, 0.25) is 5.02 Å². The summed E-state index contributed by atoms with van der Waals surface area (Å²) in [6.07, 6.45) is 2.22. The molecule has 0 aliphatic rings. The molecule has 0 saturated carbocycles. The van der Waals surface area contributed by atoms with Crippen molar-refractivity contribution in [2.45, 2.75) is 39.0 Å². The smallest absolute Gasteiger partial charge is 0.0761 e. The molecule has 0 spiro atoms. The Morgan fingerprint density at radius 1 is 1.32 bits per heavy atom. The van der Waals surface area contributed by atoms with E-state index in [1.54, 1.807) is 13.1 Å². The molecule has 2 rings (SSSR count). The van der Waals surface area contributed by atoms with Gasteiger partial charge in [0.25, 0.3) is 0 Å². The van der Waals surface area contributed by atoms with Gasteiger partial charge in [-0.15, -0.1) is 0 Å². The maximum absolute atomic E-state index is 9.36. The molecule has 3 nitrogen and oxygen atoms in total. The van der Waals surface area contributed by atoms with Crippen LogP contribution in [0.1, 0.15) is 25.8 Å². The van der Waals surface area contributed by atoms with Gasteiger partial charge < -0.3 is 10.4 Å². The number of benzene rings is 1. The molecule has 2 unspecified atom stereocenters. The second-order valence-corrected chi connectivity index (χ2v) is 5.38. The SMILES string of the molecule is CC(O)CC(C)NCc1ccc(Cl)c2cccnc12. The molecule has 0 amide bonds. The van der Waals surface area contributed by atoms with E-state index in [1.807, 2.05) is 24.3 Å². The number of pyridine rings is 1. The van der Waals surface area contributed by atoms with E-state index in [9.17, 15) is 5.11 Å². The maximum Gasteiger partial charge on any atom is 0.0761 e. The highest BCUT2D eigenvalue weighted by Crippen LogP contribution is 2.24. The van der Waals surface area contributed by atoms with E-state index < -0.39 is 0 Å². The highest BCUT2D eigenvalue weighted by molar-refractivity contribution is 6.35. The van der Waals surface area contributed by atoms with Crippen molar-refractivity contribution in [3.8, 4) is 0 Å². The average Bonchev–Trinajstić information content (AvgIpc) is 2.37. The third-order valence-electron chi connectivity index (χ3n) is 3.14. The Morgan fingerprint density at radius 3 is 2.84 bits per heavy atom. The number of hydrogen-bond acceptors (Lipinski definition) is 3. The number of halogens is 1. The minimum Gasteiger partial charge on any atom is -0.393 e. The van der Waals surface area contributed by atoms with Crippen LogP contribution in [0.5, 0.6) is 0 Å². The Kier molecular flexibility index (Phi) is 4.75.